The lowest BCUT2D eigenvalue weighted by atomic mass is 10.1. The summed E-state index contributed by atoms with van der Waals surface area (Å²) >= 11 is 5.77. The summed E-state index contributed by atoms with van der Waals surface area (Å²) < 4.78 is 29.8. The summed E-state index contributed by atoms with van der Waals surface area (Å²) in [5.41, 5.74) is 0.307. The minimum Gasteiger partial charge on any atom is -0.452 e. The van der Waals surface area contributed by atoms with Gasteiger partial charge in [0.1, 0.15) is 0 Å². The Bertz CT molecular complexity index is 569. The number of hydrogen-bond acceptors (Lipinski definition) is 4. The molecule has 19 heavy (non-hydrogen) atoms. The van der Waals surface area contributed by atoms with Crippen LogP contribution in [0.4, 0.5) is 0 Å². The third-order valence-corrected chi connectivity index (χ3v) is 3.99. The number of sulfonamides is 1. The van der Waals surface area contributed by atoms with Gasteiger partial charge in [-0.25, -0.2) is 13.1 Å². The van der Waals surface area contributed by atoms with Crippen LogP contribution in [0.15, 0.2) is 16.7 Å². The Morgan fingerprint density at radius 3 is 2.89 bits per heavy atom. The Labute approximate surface area is 116 Å². The molecule has 1 fully saturated rings. The van der Waals surface area contributed by atoms with Crippen molar-refractivity contribution in [3.8, 4) is 0 Å². The van der Waals surface area contributed by atoms with Crippen molar-refractivity contribution < 1.29 is 17.6 Å². The van der Waals surface area contributed by atoms with Crippen LogP contribution in [0.5, 0.6) is 0 Å². The summed E-state index contributed by atoms with van der Waals surface area (Å²) in [5, 5.41) is 0.0585. The molecule has 8 heteroatoms. The Kier molecular flexibility index (Phi) is 4.17. The fourth-order valence-electron chi connectivity index (χ4n) is 2.18. The van der Waals surface area contributed by atoms with Crippen molar-refractivity contribution in [2.45, 2.75) is 18.9 Å². The number of halogens is 1. The standard InChI is InChI=1S/C11H15ClN2O4S/c1-19(16,17)13-8-3-2-5-14(7-8)11(15)9-4-6-18-10(9)12/h4,6,8,13H,2-3,5,7H2,1H3. The molecule has 2 heterocycles. The predicted molar refractivity (Wildman–Crippen MR) is 70.6 cm³/mol. The molecular weight excluding hydrogens is 292 g/mol. The van der Waals surface area contributed by atoms with E-state index in [1.165, 1.54) is 12.3 Å². The number of likely N-dealkylation sites (tertiary alicyclic amines) is 1. The van der Waals surface area contributed by atoms with Gasteiger partial charge in [-0.3, -0.25) is 4.79 Å². The van der Waals surface area contributed by atoms with Crippen molar-refractivity contribution in [3.63, 3.8) is 0 Å². The first-order chi connectivity index (χ1) is 8.87. The first kappa shape index (κ1) is 14.4. The predicted octanol–water partition coefficient (Wildman–Crippen LogP) is 1.09. The summed E-state index contributed by atoms with van der Waals surface area (Å²) in [5.74, 6) is -0.237. The monoisotopic (exact) mass is 306 g/mol. The Morgan fingerprint density at radius 1 is 1.58 bits per heavy atom. The number of furan rings is 1. The topological polar surface area (TPSA) is 79.6 Å². The molecule has 0 aliphatic carbocycles. The van der Waals surface area contributed by atoms with Crippen LogP contribution in [0.3, 0.4) is 0 Å². The zero-order valence-corrected chi connectivity index (χ0v) is 12.0. The summed E-state index contributed by atoms with van der Waals surface area (Å²) in [6.45, 7) is 0.926. The van der Waals surface area contributed by atoms with Gasteiger partial charge in [-0.15, -0.1) is 0 Å². The second-order valence-corrected chi connectivity index (χ2v) is 6.71. The van der Waals surface area contributed by atoms with E-state index in [-0.39, 0.29) is 17.2 Å². The molecule has 6 nitrogen and oxygen atoms in total. The van der Waals surface area contributed by atoms with Crippen LogP contribution in [0, 0.1) is 0 Å². The van der Waals surface area contributed by atoms with Crippen LogP contribution in [0.25, 0.3) is 0 Å². The second kappa shape index (κ2) is 5.52. The van der Waals surface area contributed by atoms with Crippen molar-refractivity contribution in [1.29, 1.82) is 0 Å². The van der Waals surface area contributed by atoms with Gasteiger partial charge in [-0.1, -0.05) is 0 Å². The molecule has 106 valence electrons. The zero-order chi connectivity index (χ0) is 14.0. The number of carbonyl (C=O) groups excluding carboxylic acids is 1. The molecule has 1 saturated heterocycles. The maximum absolute atomic E-state index is 12.2. The quantitative estimate of drug-likeness (QED) is 0.906. The number of nitrogens with zero attached hydrogens (tertiary/aromatic N) is 1. The molecular formula is C11H15ClN2O4S. The van der Waals surface area contributed by atoms with Crippen LogP contribution in [0.1, 0.15) is 23.2 Å². The van der Waals surface area contributed by atoms with E-state index in [2.05, 4.69) is 4.72 Å². The van der Waals surface area contributed by atoms with Crippen molar-refractivity contribution in [2.75, 3.05) is 19.3 Å². The number of amides is 1. The van der Waals surface area contributed by atoms with Gasteiger partial charge in [-0.2, -0.15) is 0 Å². The van der Waals surface area contributed by atoms with Crippen LogP contribution in [0.2, 0.25) is 5.22 Å². The maximum atomic E-state index is 12.2. The largest absolute Gasteiger partial charge is 0.452 e. The molecule has 1 aliphatic rings. The number of hydrogen-bond donors (Lipinski definition) is 1. The summed E-state index contributed by atoms with van der Waals surface area (Å²) in [6.07, 6.45) is 3.93. The molecule has 1 unspecified atom stereocenters. The molecule has 1 aliphatic heterocycles. The third kappa shape index (κ3) is 3.71. The van der Waals surface area contributed by atoms with Gasteiger partial charge in [0.2, 0.25) is 15.2 Å². The fourth-order valence-corrected chi connectivity index (χ4v) is 3.17. The number of nitrogens with one attached hydrogen (secondary N) is 1. The molecule has 0 saturated carbocycles. The molecule has 0 spiro atoms. The summed E-state index contributed by atoms with van der Waals surface area (Å²) in [4.78, 5) is 13.8. The third-order valence-electron chi connectivity index (χ3n) is 2.94. The molecule has 1 amide bonds. The van der Waals surface area contributed by atoms with Crippen molar-refractivity contribution in [2.24, 2.45) is 0 Å². The van der Waals surface area contributed by atoms with Gasteiger partial charge in [0.25, 0.3) is 5.91 Å². The van der Waals surface area contributed by atoms with Gasteiger partial charge in [0, 0.05) is 19.1 Å². The first-order valence-corrected chi connectivity index (χ1v) is 8.13. The molecule has 1 atom stereocenters. The van der Waals surface area contributed by atoms with E-state index in [1.807, 2.05) is 0 Å². The van der Waals surface area contributed by atoms with Gasteiger partial charge < -0.3 is 9.32 Å². The zero-order valence-electron chi connectivity index (χ0n) is 10.4. The molecule has 0 bridgehead atoms. The number of rotatable bonds is 3. The highest BCUT2D eigenvalue weighted by molar-refractivity contribution is 7.88. The normalized spacial score (nSPS) is 20.5. The molecule has 1 N–H and O–H groups in total. The van der Waals surface area contributed by atoms with Gasteiger partial charge >= 0.3 is 0 Å². The van der Waals surface area contributed by atoms with Gasteiger partial charge in [0.05, 0.1) is 18.1 Å². The SMILES string of the molecule is CS(=O)(=O)NC1CCCN(C(=O)c2ccoc2Cl)C1. The Hall–Kier alpha value is -1.05. The molecule has 2 rings (SSSR count). The molecule has 0 radical (unpaired) electrons. The van der Waals surface area contributed by atoms with E-state index < -0.39 is 10.0 Å². The second-order valence-electron chi connectivity index (χ2n) is 4.59. The van der Waals surface area contributed by atoms with Crippen LogP contribution in [-0.2, 0) is 10.0 Å². The fraction of sp³-hybridized carbons (Fsp3) is 0.545. The van der Waals surface area contributed by atoms with E-state index in [1.54, 1.807) is 4.90 Å². The van der Waals surface area contributed by atoms with E-state index in [0.717, 1.165) is 19.1 Å². The van der Waals surface area contributed by atoms with E-state index >= 15 is 0 Å². The number of carbonyl (C=O) groups is 1. The highest BCUT2D eigenvalue weighted by Gasteiger charge is 2.27. The average molecular weight is 307 g/mol. The van der Waals surface area contributed by atoms with Crippen LogP contribution >= 0.6 is 11.6 Å². The van der Waals surface area contributed by atoms with Crippen LogP contribution < -0.4 is 4.72 Å². The lowest BCUT2D eigenvalue weighted by molar-refractivity contribution is 0.0702. The van der Waals surface area contributed by atoms with Gasteiger partial charge in [0.15, 0.2) is 0 Å². The van der Waals surface area contributed by atoms with E-state index in [0.29, 0.717) is 18.7 Å². The van der Waals surface area contributed by atoms with Crippen molar-refractivity contribution >= 4 is 27.5 Å². The summed E-state index contributed by atoms with van der Waals surface area (Å²) in [6, 6.07) is 1.26. The van der Waals surface area contributed by atoms with Crippen LogP contribution in [-0.4, -0.2) is 44.6 Å². The minimum absolute atomic E-state index is 0.0585. The smallest absolute Gasteiger partial charge is 0.258 e. The summed E-state index contributed by atoms with van der Waals surface area (Å²) in [7, 11) is -3.27. The maximum Gasteiger partial charge on any atom is 0.258 e. The van der Waals surface area contributed by atoms with E-state index in [9.17, 15) is 13.2 Å². The van der Waals surface area contributed by atoms with Crippen molar-refractivity contribution in [1.82, 2.24) is 9.62 Å². The average Bonchev–Trinajstić information content (AvgIpc) is 2.72. The molecule has 1 aromatic heterocycles. The Morgan fingerprint density at radius 2 is 2.32 bits per heavy atom. The first-order valence-electron chi connectivity index (χ1n) is 5.86. The van der Waals surface area contributed by atoms with E-state index in [4.69, 9.17) is 16.0 Å². The van der Waals surface area contributed by atoms with Gasteiger partial charge in [-0.05, 0) is 30.5 Å². The van der Waals surface area contributed by atoms with Crippen molar-refractivity contribution in [3.05, 3.63) is 23.1 Å². The number of piperidine rings is 1. The molecule has 0 aromatic carbocycles. The highest BCUT2D eigenvalue weighted by atomic mass is 35.5. The lowest BCUT2D eigenvalue weighted by Crippen LogP contribution is -2.49. The highest BCUT2D eigenvalue weighted by Crippen LogP contribution is 2.21. The Balaban J connectivity index is 2.05. The molecule has 1 aromatic rings. The minimum atomic E-state index is -3.27. The lowest BCUT2D eigenvalue weighted by Gasteiger charge is -2.32.